The van der Waals surface area contributed by atoms with Crippen LogP contribution >= 0.6 is 0 Å². The lowest BCUT2D eigenvalue weighted by Gasteiger charge is -2.40. The highest BCUT2D eigenvalue weighted by molar-refractivity contribution is 6.51. The second-order valence-electron chi connectivity index (χ2n) is 10.2. The molecule has 0 spiro atoms. The van der Waals surface area contributed by atoms with Crippen molar-refractivity contribution in [2.75, 3.05) is 16.9 Å². The molecule has 2 fully saturated rings. The minimum atomic E-state index is -1.13. The Bertz CT molecular complexity index is 1310. The predicted octanol–water partition coefficient (Wildman–Crippen LogP) is 6.06. The van der Waals surface area contributed by atoms with Gasteiger partial charge in [-0.15, -0.1) is 0 Å². The Morgan fingerprint density at radius 3 is 2.35 bits per heavy atom. The molecular weight excluding hydrogens is 422 g/mol. The van der Waals surface area contributed by atoms with Gasteiger partial charge in [0.25, 0.3) is 0 Å². The third-order valence-electron chi connectivity index (χ3n) is 8.63. The van der Waals surface area contributed by atoms with Gasteiger partial charge in [0.2, 0.25) is 5.91 Å². The summed E-state index contributed by atoms with van der Waals surface area (Å²) in [5, 5.41) is 6.70. The van der Waals surface area contributed by atoms with E-state index in [0.29, 0.717) is 18.7 Å². The number of ketones is 1. The largest absolute Gasteiger partial charge is 0.311 e. The first kappa shape index (κ1) is 22.3. The Balaban J connectivity index is 1.59. The van der Waals surface area contributed by atoms with E-state index in [2.05, 4.69) is 31.3 Å². The molecule has 0 radical (unpaired) electrons. The van der Waals surface area contributed by atoms with Gasteiger partial charge < -0.3 is 4.90 Å². The number of hydrogen-bond acceptors (Lipinski definition) is 4. The Hall–Kier alpha value is -3.47. The second kappa shape index (κ2) is 7.79. The quantitative estimate of drug-likeness (QED) is 0.377. The van der Waals surface area contributed by atoms with E-state index in [9.17, 15) is 9.59 Å². The highest BCUT2D eigenvalue weighted by Gasteiger charge is 2.77. The molecule has 34 heavy (non-hydrogen) atoms. The van der Waals surface area contributed by atoms with E-state index in [1.807, 2.05) is 79.7 Å². The summed E-state index contributed by atoms with van der Waals surface area (Å²) in [6, 6.07) is 23.7. The molecule has 0 aliphatic heterocycles. The molecule has 3 aromatic carbocycles. The fraction of sp³-hybridized carbons (Fsp3) is 0.345. The van der Waals surface area contributed by atoms with E-state index in [0.717, 1.165) is 28.6 Å². The van der Waals surface area contributed by atoms with Crippen LogP contribution in [0.3, 0.4) is 0 Å². The van der Waals surface area contributed by atoms with Crippen LogP contribution in [-0.4, -0.2) is 23.9 Å². The molecule has 3 aromatic rings. The van der Waals surface area contributed by atoms with Crippen LogP contribution in [0.2, 0.25) is 0 Å². The molecule has 1 amide bonds. The first-order valence-corrected chi connectivity index (χ1v) is 12.0. The van der Waals surface area contributed by atoms with Crippen molar-refractivity contribution in [2.24, 2.45) is 21.3 Å². The number of nitrogens with zero attached hydrogens (tertiary/aromatic N) is 2. The number of nitrogens with one attached hydrogen (secondary N) is 1. The van der Waals surface area contributed by atoms with Crippen LogP contribution in [-0.2, 0) is 9.59 Å². The number of hydrogen-bond donors (Lipinski definition) is 1. The summed E-state index contributed by atoms with van der Waals surface area (Å²) >= 11 is 0. The molecule has 2 unspecified atom stereocenters. The molecule has 2 aliphatic rings. The van der Waals surface area contributed by atoms with Crippen LogP contribution in [0.4, 0.5) is 11.4 Å². The lowest BCUT2D eigenvalue weighted by atomic mass is 9.64. The number of anilines is 2. The van der Waals surface area contributed by atoms with Gasteiger partial charge in [-0.3, -0.25) is 15.0 Å². The van der Waals surface area contributed by atoms with Crippen LogP contribution in [0, 0.1) is 16.2 Å². The summed E-state index contributed by atoms with van der Waals surface area (Å²) in [4.78, 5) is 30.3. The summed E-state index contributed by atoms with van der Waals surface area (Å²) in [5.74, 6) is -0.256. The predicted molar refractivity (Wildman–Crippen MR) is 138 cm³/mol. The number of carbonyl (C=O) groups excluding carboxylic acids is 2. The smallest absolute Gasteiger partial charge is 0.241 e. The summed E-state index contributed by atoms with van der Waals surface area (Å²) < 4.78 is 0. The molecule has 2 aliphatic carbocycles. The highest BCUT2D eigenvalue weighted by Crippen LogP contribution is 2.70. The topological polar surface area (TPSA) is 61.8 Å². The normalized spacial score (nSPS) is 26.2. The fourth-order valence-electron chi connectivity index (χ4n) is 6.17. The lowest BCUT2D eigenvalue weighted by molar-refractivity contribution is -0.141. The van der Waals surface area contributed by atoms with Gasteiger partial charge in [-0.2, -0.15) is 5.10 Å². The minimum Gasteiger partial charge on any atom is -0.311 e. The number of fused-ring (bicyclic) bond motifs is 3. The van der Waals surface area contributed by atoms with E-state index in [-0.39, 0.29) is 11.7 Å². The molecule has 0 saturated heterocycles. The van der Waals surface area contributed by atoms with Crippen LogP contribution in [0.5, 0.6) is 0 Å². The molecule has 0 aromatic heterocycles. The number of benzene rings is 3. The molecule has 1 N–H and O–H groups in total. The lowest BCUT2D eigenvalue weighted by Crippen LogP contribution is -2.52. The molecule has 5 nitrogen and oxygen atoms in total. The van der Waals surface area contributed by atoms with Crippen LogP contribution in [0.1, 0.15) is 40.5 Å². The van der Waals surface area contributed by atoms with Gasteiger partial charge >= 0.3 is 0 Å². The molecule has 5 heteroatoms. The Labute approximate surface area is 200 Å². The molecule has 2 atom stereocenters. The Morgan fingerprint density at radius 2 is 1.62 bits per heavy atom. The maximum absolute atomic E-state index is 14.4. The zero-order valence-corrected chi connectivity index (χ0v) is 20.3. The number of amides is 1. The standard InChI is InChI=1S/C29H31N3O2/c1-5-32(23-17-11-13-20-12-9-10-16-22(20)23)26(34)29-19-18-28(4,27(29,2)3)24(25(29)33)31-30-21-14-7-6-8-15-21/h6-17,30H,5,18-19H2,1-4H3/b31-24+. The van der Waals surface area contributed by atoms with E-state index < -0.39 is 16.2 Å². The van der Waals surface area contributed by atoms with Crippen molar-refractivity contribution in [3.05, 3.63) is 72.8 Å². The third kappa shape index (κ3) is 2.82. The van der Waals surface area contributed by atoms with Crippen molar-refractivity contribution >= 4 is 39.5 Å². The van der Waals surface area contributed by atoms with Crippen LogP contribution in [0.25, 0.3) is 10.8 Å². The van der Waals surface area contributed by atoms with Gasteiger partial charge in [0.15, 0.2) is 5.78 Å². The first-order valence-electron chi connectivity index (χ1n) is 12.0. The number of hydrazone groups is 1. The van der Waals surface area contributed by atoms with Crippen molar-refractivity contribution in [1.82, 2.24) is 0 Å². The van der Waals surface area contributed by atoms with Gasteiger partial charge in [0.1, 0.15) is 11.1 Å². The van der Waals surface area contributed by atoms with Crippen LogP contribution in [0.15, 0.2) is 77.9 Å². The molecular formula is C29H31N3O2. The number of Topliss-reactive ketones (excluding diaryl/α,β-unsaturated/α-hetero) is 1. The van der Waals surface area contributed by atoms with E-state index in [1.165, 1.54) is 0 Å². The second-order valence-corrected chi connectivity index (χ2v) is 10.2. The Kier molecular flexibility index (Phi) is 5.12. The molecule has 2 saturated carbocycles. The Morgan fingerprint density at radius 1 is 0.941 bits per heavy atom. The van der Waals surface area contributed by atoms with Crippen molar-refractivity contribution in [2.45, 2.75) is 40.5 Å². The maximum Gasteiger partial charge on any atom is 0.241 e. The number of para-hydroxylation sites is 1. The average Bonchev–Trinajstić information content (AvgIpc) is 3.13. The minimum absolute atomic E-state index is 0.116. The molecule has 0 heterocycles. The van der Waals surface area contributed by atoms with Gasteiger partial charge in [-0.25, -0.2) is 0 Å². The first-order chi connectivity index (χ1) is 16.3. The third-order valence-corrected chi connectivity index (χ3v) is 8.63. The summed E-state index contributed by atoms with van der Waals surface area (Å²) in [6.45, 7) is 8.69. The van der Waals surface area contributed by atoms with E-state index >= 15 is 0 Å². The molecule has 2 bridgehead atoms. The van der Waals surface area contributed by atoms with Crippen molar-refractivity contribution < 1.29 is 9.59 Å². The average molecular weight is 454 g/mol. The maximum atomic E-state index is 14.4. The van der Waals surface area contributed by atoms with Crippen molar-refractivity contribution in [1.29, 1.82) is 0 Å². The van der Waals surface area contributed by atoms with E-state index in [4.69, 9.17) is 0 Å². The van der Waals surface area contributed by atoms with Gasteiger partial charge in [0, 0.05) is 17.3 Å². The van der Waals surface area contributed by atoms with Gasteiger partial charge in [-0.1, -0.05) is 75.4 Å². The SMILES string of the molecule is CCN(C(=O)C12CCC(C)(/C(=N/Nc3ccccc3)C1=O)C2(C)C)c1cccc2ccccc12. The number of rotatable bonds is 5. The summed E-state index contributed by atoms with van der Waals surface area (Å²) in [5.41, 5.74) is 3.03. The van der Waals surface area contributed by atoms with Crippen molar-refractivity contribution in [3.63, 3.8) is 0 Å². The van der Waals surface area contributed by atoms with Gasteiger partial charge in [-0.05, 0) is 48.8 Å². The van der Waals surface area contributed by atoms with Gasteiger partial charge in [0.05, 0.1) is 11.4 Å². The monoisotopic (exact) mass is 453 g/mol. The highest BCUT2D eigenvalue weighted by atomic mass is 16.2. The van der Waals surface area contributed by atoms with Crippen LogP contribution < -0.4 is 10.3 Å². The zero-order valence-electron chi connectivity index (χ0n) is 20.3. The summed E-state index contributed by atoms with van der Waals surface area (Å²) in [6.07, 6.45) is 1.29. The molecule has 5 rings (SSSR count). The van der Waals surface area contributed by atoms with Crippen molar-refractivity contribution in [3.8, 4) is 0 Å². The fourth-order valence-corrected chi connectivity index (χ4v) is 6.17. The summed E-state index contributed by atoms with van der Waals surface area (Å²) in [7, 11) is 0. The molecule has 174 valence electrons. The van der Waals surface area contributed by atoms with E-state index in [1.54, 1.807) is 4.90 Å². The number of carbonyl (C=O) groups is 2. The zero-order chi connectivity index (χ0) is 24.1.